The number of hydrogen-bond acceptors (Lipinski definition) is 5. The standard InChI is InChI=1S/C11H24N2O2.H3N/c1-5-11(13,7-6-8-12)9(14)15-10(2,3)4;/h5-8,12-13H2,1-4H3;1H3. The molecule has 0 rings (SSSR count). The molecular weight excluding hydrogens is 206 g/mol. The van der Waals surface area contributed by atoms with Gasteiger partial charge in [-0.3, -0.25) is 4.79 Å². The van der Waals surface area contributed by atoms with Gasteiger partial charge in [-0.1, -0.05) is 6.92 Å². The summed E-state index contributed by atoms with van der Waals surface area (Å²) in [5.41, 5.74) is 10.0. The number of ether oxygens (including phenoxy) is 1. The fourth-order valence-corrected chi connectivity index (χ4v) is 1.22. The summed E-state index contributed by atoms with van der Waals surface area (Å²) >= 11 is 0. The lowest BCUT2D eigenvalue weighted by Crippen LogP contribution is -2.50. The Morgan fingerprint density at radius 3 is 2.12 bits per heavy atom. The Kier molecular flexibility index (Phi) is 7.57. The summed E-state index contributed by atoms with van der Waals surface area (Å²) < 4.78 is 5.29. The van der Waals surface area contributed by atoms with Crippen LogP contribution in [0.15, 0.2) is 0 Å². The highest BCUT2D eigenvalue weighted by Crippen LogP contribution is 2.19. The lowest BCUT2D eigenvalue weighted by molar-refractivity contribution is -0.162. The fourth-order valence-electron chi connectivity index (χ4n) is 1.22. The summed E-state index contributed by atoms with van der Waals surface area (Å²) in [6.07, 6.45) is 1.89. The van der Waals surface area contributed by atoms with E-state index in [4.69, 9.17) is 16.2 Å². The molecule has 0 heterocycles. The van der Waals surface area contributed by atoms with Gasteiger partial charge in [-0.25, -0.2) is 0 Å². The molecular formula is C11H27N3O2. The molecule has 0 aromatic carbocycles. The van der Waals surface area contributed by atoms with Gasteiger partial charge in [-0.2, -0.15) is 0 Å². The lowest BCUT2D eigenvalue weighted by atomic mass is 9.91. The van der Waals surface area contributed by atoms with Gasteiger partial charge in [0.05, 0.1) is 0 Å². The summed E-state index contributed by atoms with van der Waals surface area (Å²) in [6, 6.07) is 0. The van der Waals surface area contributed by atoms with Crippen molar-refractivity contribution in [2.24, 2.45) is 11.5 Å². The quantitative estimate of drug-likeness (QED) is 0.620. The van der Waals surface area contributed by atoms with Crippen molar-refractivity contribution in [2.75, 3.05) is 6.54 Å². The molecule has 0 saturated carbocycles. The molecule has 0 aromatic rings. The Labute approximate surface area is 98.5 Å². The molecule has 0 spiro atoms. The van der Waals surface area contributed by atoms with Crippen LogP contribution in [0.4, 0.5) is 0 Å². The van der Waals surface area contributed by atoms with Crippen LogP contribution in [-0.4, -0.2) is 23.7 Å². The molecule has 5 nitrogen and oxygen atoms in total. The number of esters is 1. The highest BCUT2D eigenvalue weighted by atomic mass is 16.6. The minimum atomic E-state index is -0.882. The lowest BCUT2D eigenvalue weighted by Gasteiger charge is -2.30. The Bertz CT molecular complexity index is 214. The molecule has 5 heteroatoms. The highest BCUT2D eigenvalue weighted by Gasteiger charge is 2.35. The van der Waals surface area contributed by atoms with E-state index in [2.05, 4.69) is 0 Å². The molecule has 98 valence electrons. The SMILES string of the molecule is CCC(N)(CCCN)C(=O)OC(C)(C)C.N. The van der Waals surface area contributed by atoms with Gasteiger partial charge in [-0.05, 0) is 46.6 Å². The van der Waals surface area contributed by atoms with Crippen molar-refractivity contribution in [2.45, 2.75) is 58.1 Å². The second-order valence-electron chi connectivity index (χ2n) is 4.90. The molecule has 0 aliphatic carbocycles. The van der Waals surface area contributed by atoms with Gasteiger partial charge in [-0.15, -0.1) is 0 Å². The first-order valence-electron chi connectivity index (χ1n) is 5.47. The van der Waals surface area contributed by atoms with E-state index in [0.29, 0.717) is 19.4 Å². The first kappa shape index (κ1) is 17.7. The van der Waals surface area contributed by atoms with Crippen LogP contribution < -0.4 is 17.6 Å². The minimum absolute atomic E-state index is 0. The molecule has 0 aliphatic heterocycles. The molecule has 1 atom stereocenters. The van der Waals surface area contributed by atoms with Crippen molar-refractivity contribution in [1.29, 1.82) is 0 Å². The van der Waals surface area contributed by atoms with Crippen molar-refractivity contribution in [3.05, 3.63) is 0 Å². The predicted octanol–water partition coefficient (Wildman–Crippen LogP) is 1.34. The Balaban J connectivity index is 0. The third-order valence-corrected chi connectivity index (χ3v) is 2.26. The predicted molar refractivity (Wildman–Crippen MR) is 66.4 cm³/mol. The van der Waals surface area contributed by atoms with E-state index in [1.807, 2.05) is 27.7 Å². The highest BCUT2D eigenvalue weighted by molar-refractivity contribution is 5.80. The van der Waals surface area contributed by atoms with Crippen LogP contribution in [0.1, 0.15) is 47.0 Å². The van der Waals surface area contributed by atoms with Crippen molar-refractivity contribution in [1.82, 2.24) is 6.15 Å². The number of carbonyl (C=O) groups is 1. The number of carbonyl (C=O) groups excluding carboxylic acids is 1. The van der Waals surface area contributed by atoms with Crippen molar-refractivity contribution < 1.29 is 9.53 Å². The number of rotatable bonds is 5. The van der Waals surface area contributed by atoms with Crippen molar-refractivity contribution in [3.8, 4) is 0 Å². The minimum Gasteiger partial charge on any atom is -0.459 e. The molecule has 0 aromatic heterocycles. The van der Waals surface area contributed by atoms with Crippen molar-refractivity contribution in [3.63, 3.8) is 0 Å². The van der Waals surface area contributed by atoms with Crippen LogP contribution >= 0.6 is 0 Å². The summed E-state index contributed by atoms with van der Waals surface area (Å²) in [5.74, 6) is -0.328. The van der Waals surface area contributed by atoms with Crippen molar-refractivity contribution >= 4 is 5.97 Å². The van der Waals surface area contributed by atoms with Crippen LogP contribution in [0.5, 0.6) is 0 Å². The largest absolute Gasteiger partial charge is 0.459 e. The molecule has 0 saturated heterocycles. The molecule has 0 aliphatic rings. The molecule has 16 heavy (non-hydrogen) atoms. The molecule has 0 fully saturated rings. The van der Waals surface area contributed by atoms with Gasteiger partial charge in [0.1, 0.15) is 11.1 Å². The van der Waals surface area contributed by atoms with Gasteiger partial charge >= 0.3 is 5.97 Å². The van der Waals surface area contributed by atoms with E-state index in [1.54, 1.807) is 0 Å². The monoisotopic (exact) mass is 233 g/mol. The number of hydrogen-bond donors (Lipinski definition) is 3. The average molecular weight is 233 g/mol. The topological polar surface area (TPSA) is 113 Å². The van der Waals surface area contributed by atoms with E-state index in [1.165, 1.54) is 0 Å². The smallest absolute Gasteiger partial charge is 0.326 e. The van der Waals surface area contributed by atoms with Gasteiger partial charge < -0.3 is 22.4 Å². The first-order chi connectivity index (χ1) is 6.75. The summed E-state index contributed by atoms with van der Waals surface area (Å²) in [4.78, 5) is 11.8. The maximum Gasteiger partial charge on any atom is 0.326 e. The van der Waals surface area contributed by atoms with Crippen LogP contribution in [0.3, 0.4) is 0 Å². The zero-order chi connectivity index (χ0) is 12.1. The van der Waals surface area contributed by atoms with E-state index in [-0.39, 0.29) is 12.1 Å². The molecule has 0 radical (unpaired) electrons. The first-order valence-corrected chi connectivity index (χ1v) is 5.47. The van der Waals surface area contributed by atoms with Gasteiger partial charge in [0, 0.05) is 0 Å². The zero-order valence-electron chi connectivity index (χ0n) is 11.0. The van der Waals surface area contributed by atoms with Crippen LogP contribution in [0.2, 0.25) is 0 Å². The Morgan fingerprint density at radius 1 is 1.31 bits per heavy atom. The van der Waals surface area contributed by atoms with Gasteiger partial charge in [0.2, 0.25) is 0 Å². The maximum atomic E-state index is 11.8. The van der Waals surface area contributed by atoms with Gasteiger partial charge in [0.25, 0.3) is 0 Å². The molecule has 0 bridgehead atoms. The van der Waals surface area contributed by atoms with E-state index in [9.17, 15) is 4.79 Å². The molecule has 0 amide bonds. The molecule has 1 unspecified atom stereocenters. The van der Waals surface area contributed by atoms with Crippen LogP contribution in [0.25, 0.3) is 0 Å². The third-order valence-electron chi connectivity index (χ3n) is 2.26. The van der Waals surface area contributed by atoms with E-state index < -0.39 is 11.1 Å². The normalized spacial score (nSPS) is 14.9. The second kappa shape index (κ2) is 6.83. The average Bonchev–Trinajstić information content (AvgIpc) is 2.11. The summed E-state index contributed by atoms with van der Waals surface area (Å²) in [6.45, 7) is 7.94. The number of nitrogens with two attached hydrogens (primary N) is 2. The third kappa shape index (κ3) is 6.05. The summed E-state index contributed by atoms with van der Waals surface area (Å²) in [5, 5.41) is 0. The summed E-state index contributed by atoms with van der Waals surface area (Å²) in [7, 11) is 0. The second-order valence-corrected chi connectivity index (χ2v) is 4.90. The fraction of sp³-hybridized carbons (Fsp3) is 0.909. The van der Waals surface area contributed by atoms with E-state index >= 15 is 0 Å². The van der Waals surface area contributed by atoms with Gasteiger partial charge in [0.15, 0.2) is 0 Å². The maximum absolute atomic E-state index is 11.8. The zero-order valence-corrected chi connectivity index (χ0v) is 11.0. The Morgan fingerprint density at radius 2 is 1.81 bits per heavy atom. The van der Waals surface area contributed by atoms with Crippen LogP contribution in [-0.2, 0) is 9.53 Å². The van der Waals surface area contributed by atoms with E-state index in [0.717, 1.165) is 6.42 Å². The van der Waals surface area contributed by atoms with Crippen LogP contribution in [0, 0.1) is 0 Å². The molecule has 7 N–H and O–H groups in total. The Hall–Kier alpha value is -0.650.